The van der Waals surface area contributed by atoms with E-state index < -0.39 is 9.84 Å². The van der Waals surface area contributed by atoms with Gasteiger partial charge in [0.05, 0.1) is 27.3 Å². The van der Waals surface area contributed by atoms with Crippen molar-refractivity contribution >= 4 is 21.7 Å². The molecule has 234 valence electrons. The first-order valence-corrected chi connectivity index (χ1v) is 17.1. The lowest BCUT2D eigenvalue weighted by molar-refractivity contribution is 0.0589. The molecule has 6 rings (SSSR count). The molecule has 0 spiro atoms. The summed E-state index contributed by atoms with van der Waals surface area (Å²) in [7, 11) is -3.22. The number of rotatable bonds is 9. The van der Waals surface area contributed by atoms with Crippen molar-refractivity contribution < 1.29 is 22.7 Å². The van der Waals surface area contributed by atoms with Crippen LogP contribution in [0.15, 0.2) is 71.8 Å². The summed E-state index contributed by atoms with van der Waals surface area (Å²) in [6.45, 7) is 3.60. The number of nitrogens with zero attached hydrogens (tertiary/aromatic N) is 4. The van der Waals surface area contributed by atoms with Crippen LogP contribution in [0.25, 0.3) is 0 Å². The quantitative estimate of drug-likeness (QED) is 0.377. The van der Waals surface area contributed by atoms with Crippen LogP contribution in [-0.4, -0.2) is 78.6 Å². The molecule has 2 aromatic carbocycles. The van der Waals surface area contributed by atoms with Crippen molar-refractivity contribution in [3.63, 3.8) is 0 Å². The Morgan fingerprint density at radius 2 is 1.58 bits per heavy atom. The van der Waals surface area contributed by atoms with Gasteiger partial charge in [-0.2, -0.15) is 5.26 Å². The van der Waals surface area contributed by atoms with Crippen molar-refractivity contribution in [1.29, 1.82) is 5.26 Å². The molecule has 0 radical (unpaired) electrons. The summed E-state index contributed by atoms with van der Waals surface area (Å²) in [6, 6.07) is 19.8. The number of sulfone groups is 1. The van der Waals surface area contributed by atoms with Crippen molar-refractivity contribution in [2.75, 3.05) is 26.2 Å². The van der Waals surface area contributed by atoms with Crippen LogP contribution in [0, 0.1) is 11.3 Å². The first-order chi connectivity index (χ1) is 21.8. The first-order valence-electron chi connectivity index (χ1n) is 15.6. The molecule has 1 aromatic heterocycles. The molecule has 0 unspecified atom stereocenters. The summed E-state index contributed by atoms with van der Waals surface area (Å²) in [5.41, 5.74) is 2.55. The van der Waals surface area contributed by atoms with E-state index in [9.17, 15) is 18.0 Å². The number of ether oxygens (including phenoxy) is 1. The van der Waals surface area contributed by atoms with E-state index >= 15 is 0 Å². The van der Waals surface area contributed by atoms with Crippen LogP contribution in [0.2, 0.25) is 0 Å². The molecule has 3 fully saturated rings. The van der Waals surface area contributed by atoms with E-state index in [1.807, 2.05) is 24.3 Å². The van der Waals surface area contributed by atoms with Crippen LogP contribution in [-0.2, 0) is 16.4 Å². The van der Waals surface area contributed by atoms with Crippen molar-refractivity contribution in [3.8, 4) is 11.8 Å². The Morgan fingerprint density at radius 3 is 2.18 bits per heavy atom. The molecule has 3 heterocycles. The summed E-state index contributed by atoms with van der Waals surface area (Å²) in [5.74, 6) is 0.256. The summed E-state index contributed by atoms with van der Waals surface area (Å²) < 4.78 is 30.9. The van der Waals surface area contributed by atoms with E-state index in [1.165, 1.54) is 11.8 Å². The van der Waals surface area contributed by atoms with Crippen LogP contribution in [0.5, 0.6) is 5.75 Å². The topological polar surface area (TPSA) is 133 Å². The van der Waals surface area contributed by atoms with E-state index in [2.05, 4.69) is 21.3 Å². The molecule has 2 amide bonds. The van der Waals surface area contributed by atoms with Crippen molar-refractivity contribution in [2.45, 2.75) is 67.4 Å². The molecule has 2 aliphatic heterocycles. The maximum absolute atomic E-state index is 13.1. The molecule has 1 aliphatic carbocycles. The molecule has 1 saturated carbocycles. The molecule has 0 atom stereocenters. The molecule has 0 bridgehead atoms. The second-order valence-electron chi connectivity index (χ2n) is 12.1. The molecule has 2 saturated heterocycles. The number of likely N-dealkylation sites (tertiary alicyclic amines) is 2. The summed E-state index contributed by atoms with van der Waals surface area (Å²) in [6.07, 6.45) is 5.86. The van der Waals surface area contributed by atoms with Crippen molar-refractivity contribution in [3.05, 3.63) is 89.2 Å². The number of amides is 2. The van der Waals surface area contributed by atoms with Crippen molar-refractivity contribution in [2.24, 2.45) is 0 Å². The van der Waals surface area contributed by atoms with Gasteiger partial charge in [-0.25, -0.2) is 8.42 Å². The van der Waals surface area contributed by atoms with Gasteiger partial charge in [-0.3, -0.25) is 19.5 Å². The SMILES string of the molecule is N#Cc1ccc(CN2CCC(NC(=O)c3ccc(C(=O)N4CCC(Oc5ccc(S(=O)(=O)C6CC6)cc5)CC4)nc3)CC2)cc1. The molecule has 10 nitrogen and oxygen atoms in total. The lowest BCUT2D eigenvalue weighted by Crippen LogP contribution is -2.44. The van der Waals surface area contributed by atoms with E-state index in [1.54, 1.807) is 41.3 Å². The second kappa shape index (κ2) is 13.4. The molecular formula is C34H37N5O5S. The fraction of sp³-hybridized carbons (Fsp3) is 0.412. The van der Waals surface area contributed by atoms with Gasteiger partial charge >= 0.3 is 0 Å². The standard InChI is InChI=1S/C34H37N5O5S/c35-21-24-1-3-25(4-2-24)23-38-17-13-27(14-18-38)37-33(40)26-5-12-32(36-22-26)34(41)39-19-15-29(16-20-39)44-28-6-8-30(9-7-28)45(42,43)31-10-11-31/h1-9,12,22,27,29,31H,10-11,13-20,23H2,(H,37,40). The fourth-order valence-corrected chi connectivity index (χ4v) is 7.57. The number of hydrogen-bond donors (Lipinski definition) is 1. The third-order valence-corrected chi connectivity index (χ3v) is 11.1. The number of hydrogen-bond acceptors (Lipinski definition) is 8. The van der Waals surface area contributed by atoms with Crippen LogP contribution >= 0.6 is 0 Å². The van der Waals surface area contributed by atoms with Gasteiger partial charge in [0.25, 0.3) is 11.8 Å². The highest BCUT2D eigenvalue weighted by molar-refractivity contribution is 7.92. The molecule has 1 N–H and O–H groups in total. The van der Waals surface area contributed by atoms with E-state index in [0.29, 0.717) is 53.4 Å². The maximum atomic E-state index is 13.1. The largest absolute Gasteiger partial charge is 0.490 e. The highest BCUT2D eigenvalue weighted by Crippen LogP contribution is 2.34. The van der Waals surface area contributed by atoms with Crippen molar-refractivity contribution in [1.82, 2.24) is 20.1 Å². The summed E-state index contributed by atoms with van der Waals surface area (Å²) in [4.78, 5) is 34.7. The van der Waals surface area contributed by atoms with Gasteiger partial charge < -0.3 is 15.0 Å². The number of piperidine rings is 2. The Balaban J connectivity index is 0.929. The minimum atomic E-state index is -3.22. The lowest BCUT2D eigenvalue weighted by atomic mass is 10.0. The van der Waals surface area contributed by atoms with Gasteiger partial charge in [0.1, 0.15) is 17.5 Å². The minimum absolute atomic E-state index is 0.0678. The Hall–Kier alpha value is -4.27. The van der Waals surface area contributed by atoms with Crippen LogP contribution in [0.4, 0.5) is 0 Å². The smallest absolute Gasteiger partial charge is 0.272 e. The maximum Gasteiger partial charge on any atom is 0.272 e. The van der Waals surface area contributed by atoms with Gasteiger partial charge in [-0.1, -0.05) is 12.1 Å². The normalized spacial score (nSPS) is 18.2. The highest BCUT2D eigenvalue weighted by atomic mass is 32.2. The zero-order valence-electron chi connectivity index (χ0n) is 25.1. The second-order valence-corrected chi connectivity index (χ2v) is 14.3. The molecule has 45 heavy (non-hydrogen) atoms. The van der Waals surface area contributed by atoms with Gasteiger partial charge in [0.2, 0.25) is 0 Å². The number of aromatic nitrogens is 1. The Morgan fingerprint density at radius 1 is 0.889 bits per heavy atom. The fourth-order valence-electron chi connectivity index (χ4n) is 5.91. The third kappa shape index (κ3) is 7.52. The molecule has 3 aliphatic rings. The number of pyridine rings is 1. The highest BCUT2D eigenvalue weighted by Gasteiger charge is 2.36. The Kier molecular flexibility index (Phi) is 9.14. The number of carbonyl (C=O) groups excluding carboxylic acids is 2. The summed E-state index contributed by atoms with van der Waals surface area (Å²) in [5, 5.41) is 11.8. The number of nitriles is 1. The Labute approximate surface area is 263 Å². The van der Waals surface area contributed by atoms with Crippen LogP contribution in [0.1, 0.15) is 70.5 Å². The number of nitrogens with one attached hydrogen (secondary N) is 1. The van der Waals surface area contributed by atoms with Gasteiger partial charge in [0, 0.05) is 57.8 Å². The predicted octanol–water partition coefficient (Wildman–Crippen LogP) is 3.97. The van der Waals surface area contributed by atoms with E-state index in [4.69, 9.17) is 10.00 Å². The average molecular weight is 628 g/mol. The molecule has 3 aromatic rings. The molecule has 11 heteroatoms. The van der Waals surface area contributed by atoms with E-state index in [-0.39, 0.29) is 29.2 Å². The predicted molar refractivity (Wildman–Crippen MR) is 167 cm³/mol. The third-order valence-electron chi connectivity index (χ3n) is 8.80. The summed E-state index contributed by atoms with van der Waals surface area (Å²) >= 11 is 0. The van der Waals surface area contributed by atoms with Gasteiger partial charge in [-0.05, 0) is 79.8 Å². The van der Waals surface area contributed by atoms with Crippen LogP contribution in [0.3, 0.4) is 0 Å². The zero-order chi connectivity index (χ0) is 31.4. The van der Waals surface area contributed by atoms with Gasteiger partial charge in [0.15, 0.2) is 9.84 Å². The molecular weight excluding hydrogens is 590 g/mol. The number of carbonyl (C=O) groups is 2. The average Bonchev–Trinajstić information content (AvgIpc) is 3.93. The first kappa shape index (κ1) is 30.7. The van der Waals surface area contributed by atoms with Crippen LogP contribution < -0.4 is 10.1 Å². The van der Waals surface area contributed by atoms with Gasteiger partial charge in [-0.15, -0.1) is 0 Å². The number of benzene rings is 2. The minimum Gasteiger partial charge on any atom is -0.490 e. The monoisotopic (exact) mass is 627 g/mol. The Bertz CT molecular complexity index is 1650. The van der Waals surface area contributed by atoms with E-state index in [0.717, 1.165) is 45.3 Å². The zero-order valence-corrected chi connectivity index (χ0v) is 25.9. The lowest BCUT2D eigenvalue weighted by Gasteiger charge is -2.32.